The molecule has 0 aliphatic heterocycles. The van der Waals surface area contributed by atoms with Crippen molar-refractivity contribution in [1.82, 2.24) is 0 Å². The summed E-state index contributed by atoms with van der Waals surface area (Å²) in [6, 6.07) is 4.58. The van der Waals surface area contributed by atoms with Crippen LogP contribution in [0.3, 0.4) is 0 Å². The number of rotatable bonds is 1. The van der Waals surface area contributed by atoms with E-state index < -0.39 is 4.92 Å². The van der Waals surface area contributed by atoms with Crippen molar-refractivity contribution in [3.63, 3.8) is 0 Å². The molecule has 0 fully saturated rings. The van der Waals surface area contributed by atoms with Gasteiger partial charge in [0.15, 0.2) is 5.75 Å². The molecule has 0 unspecified atom stereocenters. The Morgan fingerprint density at radius 3 is 1.78 bits per heavy atom. The predicted octanol–water partition coefficient (Wildman–Crippen LogP) is 5.23. The van der Waals surface area contributed by atoms with Gasteiger partial charge in [0, 0.05) is 10.6 Å². The Bertz CT molecular complexity index is 737. The summed E-state index contributed by atoms with van der Waals surface area (Å²) in [5, 5.41) is 29.9. The SMILES string of the molecule is Cc1cc(O)c([N+](=O)[O-])c(C)c1Cl.Cc1cc(O)cc(C)c1Cl. The molecule has 0 aliphatic carbocycles. The summed E-state index contributed by atoms with van der Waals surface area (Å²) in [5.41, 5.74) is 2.43. The lowest BCUT2D eigenvalue weighted by atomic mass is 10.1. The van der Waals surface area contributed by atoms with Gasteiger partial charge in [-0.1, -0.05) is 23.2 Å². The number of nitro benzene ring substituents is 1. The Kier molecular flexibility index (Phi) is 6.24. The Balaban J connectivity index is 0.000000238. The fourth-order valence-corrected chi connectivity index (χ4v) is 2.34. The van der Waals surface area contributed by atoms with Crippen molar-refractivity contribution in [2.45, 2.75) is 27.7 Å². The van der Waals surface area contributed by atoms with Crippen molar-refractivity contribution in [2.75, 3.05) is 0 Å². The zero-order valence-electron chi connectivity index (χ0n) is 13.1. The maximum atomic E-state index is 10.5. The Morgan fingerprint density at radius 1 is 0.913 bits per heavy atom. The first-order valence-electron chi connectivity index (χ1n) is 6.65. The number of phenolic OH excluding ortho intramolecular Hbond substituents is 2. The number of phenols is 2. The molecule has 2 rings (SSSR count). The number of aryl methyl sites for hydroxylation is 3. The van der Waals surface area contributed by atoms with Gasteiger partial charge in [-0.25, -0.2) is 0 Å². The summed E-state index contributed by atoms with van der Waals surface area (Å²) in [7, 11) is 0. The number of aromatic hydroxyl groups is 2. The Hall–Kier alpha value is -1.98. The third kappa shape index (κ3) is 4.50. The average molecular weight is 358 g/mol. The van der Waals surface area contributed by atoms with Crippen LogP contribution in [-0.4, -0.2) is 15.1 Å². The summed E-state index contributed by atoms with van der Waals surface area (Å²) >= 11 is 11.6. The van der Waals surface area contributed by atoms with E-state index in [4.69, 9.17) is 28.3 Å². The Labute approximate surface area is 144 Å². The highest BCUT2D eigenvalue weighted by Crippen LogP contribution is 2.36. The highest BCUT2D eigenvalue weighted by molar-refractivity contribution is 6.32. The number of nitro groups is 1. The quantitative estimate of drug-likeness (QED) is 0.540. The average Bonchev–Trinajstić information content (AvgIpc) is 2.42. The molecule has 2 aromatic rings. The summed E-state index contributed by atoms with van der Waals surface area (Å²) in [6.45, 7) is 6.93. The minimum Gasteiger partial charge on any atom is -0.508 e. The molecule has 2 N–H and O–H groups in total. The van der Waals surface area contributed by atoms with E-state index in [-0.39, 0.29) is 17.2 Å². The number of hydrogen-bond acceptors (Lipinski definition) is 4. The third-order valence-corrected chi connectivity index (χ3v) is 4.41. The van der Waals surface area contributed by atoms with Crippen molar-refractivity contribution < 1.29 is 15.1 Å². The zero-order valence-corrected chi connectivity index (χ0v) is 14.7. The second kappa shape index (κ2) is 7.53. The second-order valence-corrected chi connectivity index (χ2v) is 5.91. The molecular formula is C16H17Cl2NO4. The number of hydrogen-bond donors (Lipinski definition) is 2. The standard InChI is InChI=1S/C8H8ClNO3.C8H9ClO/c1-4-3-6(11)8(10(12)13)5(2)7(4)9;1-5-3-7(10)4-6(2)8(5)9/h3,11H,1-2H3;3-4,10H,1-2H3. The number of nitrogens with zero attached hydrogens (tertiary/aromatic N) is 1. The van der Waals surface area contributed by atoms with E-state index in [1.165, 1.54) is 13.0 Å². The van der Waals surface area contributed by atoms with Gasteiger partial charge in [0.25, 0.3) is 0 Å². The van der Waals surface area contributed by atoms with Crippen LogP contribution in [0.15, 0.2) is 18.2 Å². The summed E-state index contributed by atoms with van der Waals surface area (Å²) in [6.07, 6.45) is 0. The van der Waals surface area contributed by atoms with Crippen LogP contribution in [0.25, 0.3) is 0 Å². The van der Waals surface area contributed by atoms with Gasteiger partial charge in [-0.05, 0) is 62.6 Å². The van der Waals surface area contributed by atoms with Crippen LogP contribution in [0.5, 0.6) is 11.5 Å². The molecule has 7 heteroatoms. The van der Waals surface area contributed by atoms with Crippen molar-refractivity contribution in [3.8, 4) is 11.5 Å². The Morgan fingerprint density at radius 2 is 1.35 bits per heavy atom. The molecule has 0 radical (unpaired) electrons. The molecule has 0 saturated carbocycles. The molecule has 0 atom stereocenters. The maximum Gasteiger partial charge on any atom is 0.315 e. The normalized spacial score (nSPS) is 10.0. The summed E-state index contributed by atoms with van der Waals surface area (Å²) in [4.78, 5) is 9.85. The van der Waals surface area contributed by atoms with Gasteiger partial charge in [-0.2, -0.15) is 0 Å². The van der Waals surface area contributed by atoms with Crippen molar-refractivity contribution in [3.05, 3.63) is 60.6 Å². The summed E-state index contributed by atoms with van der Waals surface area (Å²) < 4.78 is 0. The van der Waals surface area contributed by atoms with Crippen molar-refractivity contribution >= 4 is 28.9 Å². The lowest BCUT2D eigenvalue weighted by molar-refractivity contribution is -0.386. The molecule has 0 saturated heterocycles. The van der Waals surface area contributed by atoms with Gasteiger partial charge in [0.1, 0.15) is 5.75 Å². The molecule has 0 heterocycles. The first kappa shape index (κ1) is 19.1. The fourth-order valence-electron chi connectivity index (χ4n) is 2.08. The molecule has 2 aromatic carbocycles. The van der Waals surface area contributed by atoms with Crippen LogP contribution >= 0.6 is 23.2 Å². The van der Waals surface area contributed by atoms with E-state index in [2.05, 4.69) is 0 Å². The van der Waals surface area contributed by atoms with Crippen LogP contribution in [-0.2, 0) is 0 Å². The van der Waals surface area contributed by atoms with Crippen LogP contribution in [0.4, 0.5) is 5.69 Å². The van der Waals surface area contributed by atoms with Crippen molar-refractivity contribution in [1.29, 1.82) is 0 Å². The molecule has 0 amide bonds. The minimum absolute atomic E-state index is 0.277. The van der Waals surface area contributed by atoms with Crippen LogP contribution < -0.4 is 0 Å². The zero-order chi connectivity index (χ0) is 17.9. The van der Waals surface area contributed by atoms with E-state index in [1.54, 1.807) is 19.1 Å². The van der Waals surface area contributed by atoms with Gasteiger partial charge in [0.05, 0.1) is 9.95 Å². The molecule has 0 aromatic heterocycles. The van der Waals surface area contributed by atoms with Gasteiger partial charge in [-0.15, -0.1) is 0 Å². The molecule has 0 aliphatic rings. The topological polar surface area (TPSA) is 83.6 Å². The maximum absolute atomic E-state index is 10.5. The van der Waals surface area contributed by atoms with Gasteiger partial charge in [-0.3, -0.25) is 10.1 Å². The number of halogens is 2. The minimum atomic E-state index is -0.643. The molecule has 0 bridgehead atoms. The van der Waals surface area contributed by atoms with Crippen molar-refractivity contribution in [2.24, 2.45) is 0 Å². The van der Waals surface area contributed by atoms with E-state index in [1.807, 2.05) is 13.8 Å². The monoisotopic (exact) mass is 357 g/mol. The lowest BCUT2D eigenvalue weighted by Gasteiger charge is -2.04. The predicted molar refractivity (Wildman–Crippen MR) is 91.8 cm³/mol. The molecular weight excluding hydrogens is 341 g/mol. The van der Waals surface area contributed by atoms with Crippen LogP contribution in [0.1, 0.15) is 22.3 Å². The number of benzene rings is 2. The highest BCUT2D eigenvalue weighted by Gasteiger charge is 2.20. The second-order valence-electron chi connectivity index (χ2n) is 5.15. The van der Waals surface area contributed by atoms with E-state index >= 15 is 0 Å². The van der Waals surface area contributed by atoms with Crippen LogP contribution in [0.2, 0.25) is 10.0 Å². The van der Waals surface area contributed by atoms with Gasteiger partial charge in [0.2, 0.25) is 0 Å². The van der Waals surface area contributed by atoms with E-state index in [0.29, 0.717) is 16.1 Å². The van der Waals surface area contributed by atoms with Gasteiger partial charge < -0.3 is 10.2 Å². The smallest absolute Gasteiger partial charge is 0.315 e. The molecule has 23 heavy (non-hydrogen) atoms. The first-order valence-corrected chi connectivity index (χ1v) is 7.40. The van der Waals surface area contributed by atoms with Gasteiger partial charge >= 0.3 is 5.69 Å². The third-order valence-electron chi connectivity index (χ3n) is 3.23. The lowest BCUT2D eigenvalue weighted by Crippen LogP contribution is -1.94. The highest BCUT2D eigenvalue weighted by atomic mass is 35.5. The fraction of sp³-hybridized carbons (Fsp3) is 0.250. The molecule has 5 nitrogen and oxygen atoms in total. The summed E-state index contributed by atoms with van der Waals surface area (Å²) in [5.74, 6) is -0.0659. The van der Waals surface area contributed by atoms with E-state index in [0.717, 1.165) is 16.1 Å². The first-order chi connectivity index (χ1) is 10.6. The van der Waals surface area contributed by atoms with E-state index in [9.17, 15) is 15.2 Å². The molecule has 124 valence electrons. The largest absolute Gasteiger partial charge is 0.508 e. The van der Waals surface area contributed by atoms with Crippen LogP contribution in [0, 0.1) is 37.8 Å². The molecule has 0 spiro atoms.